The highest BCUT2D eigenvalue weighted by atomic mass is 32.2. The molecule has 2 aromatic heterocycles. The Morgan fingerprint density at radius 3 is 2.85 bits per heavy atom. The van der Waals surface area contributed by atoms with Crippen molar-refractivity contribution < 1.29 is 9.21 Å². The summed E-state index contributed by atoms with van der Waals surface area (Å²) >= 11 is 3.15. The second kappa shape index (κ2) is 9.19. The van der Waals surface area contributed by atoms with Crippen LogP contribution in [0.4, 0.5) is 0 Å². The number of hydrogen-bond acceptors (Lipinski definition) is 6. The number of aryl methyl sites for hydroxylation is 1. The Labute approximate surface area is 161 Å². The number of amides is 1. The molecule has 7 heteroatoms. The quantitative estimate of drug-likeness (QED) is 0.403. The summed E-state index contributed by atoms with van der Waals surface area (Å²) in [6.45, 7) is 4.79. The summed E-state index contributed by atoms with van der Waals surface area (Å²) in [4.78, 5) is 12.6. The van der Waals surface area contributed by atoms with Crippen LogP contribution < -0.4 is 5.32 Å². The molecule has 5 nitrogen and oxygen atoms in total. The molecule has 3 aromatic rings. The van der Waals surface area contributed by atoms with E-state index in [4.69, 9.17) is 4.42 Å². The molecule has 0 unspecified atom stereocenters. The lowest BCUT2D eigenvalue weighted by Crippen LogP contribution is -2.24. The molecule has 3 rings (SSSR count). The van der Waals surface area contributed by atoms with E-state index in [0.29, 0.717) is 18.1 Å². The zero-order valence-electron chi connectivity index (χ0n) is 15.1. The third-order valence-electron chi connectivity index (χ3n) is 4.07. The van der Waals surface area contributed by atoms with E-state index in [2.05, 4.69) is 22.4 Å². The predicted octanol–water partition coefficient (Wildman–Crippen LogP) is 5.20. The van der Waals surface area contributed by atoms with Gasteiger partial charge in [0.1, 0.15) is 10.6 Å². The molecule has 2 heterocycles. The second-order valence-corrected chi connectivity index (χ2v) is 8.50. The van der Waals surface area contributed by atoms with Crippen LogP contribution >= 0.6 is 23.1 Å². The van der Waals surface area contributed by atoms with Gasteiger partial charge in [-0.15, -0.1) is 10.2 Å². The largest absolute Gasteiger partial charge is 0.451 e. The van der Waals surface area contributed by atoms with Gasteiger partial charge in [-0.25, -0.2) is 0 Å². The number of furan rings is 1. The lowest BCUT2D eigenvalue weighted by atomic mass is 10.1. The number of rotatable bonds is 9. The average molecular weight is 390 g/mol. The van der Waals surface area contributed by atoms with Crippen LogP contribution in [0.2, 0.25) is 0 Å². The van der Waals surface area contributed by atoms with Crippen LogP contribution in [0, 0.1) is 6.92 Å². The van der Waals surface area contributed by atoms with Crippen LogP contribution in [0.15, 0.2) is 33.0 Å². The molecule has 0 spiro atoms. The highest BCUT2D eigenvalue weighted by Crippen LogP contribution is 2.33. The van der Waals surface area contributed by atoms with Crippen LogP contribution in [-0.4, -0.2) is 22.6 Å². The van der Waals surface area contributed by atoms with Crippen molar-refractivity contribution in [1.29, 1.82) is 0 Å². The summed E-state index contributed by atoms with van der Waals surface area (Å²) in [5, 5.41) is 13.1. The zero-order chi connectivity index (χ0) is 18.4. The maximum absolute atomic E-state index is 12.6. The molecule has 0 bridgehead atoms. The molecule has 0 aliphatic rings. The number of benzene rings is 1. The molecule has 0 radical (unpaired) electrons. The van der Waals surface area contributed by atoms with E-state index in [1.165, 1.54) is 12.8 Å². The van der Waals surface area contributed by atoms with Crippen LogP contribution in [0.1, 0.15) is 53.7 Å². The number of fused-ring (bicyclic) bond motifs is 1. The SMILES string of the molecule is CCCCCCNC(=O)c1oc2ccccc2c1CSc1nnc(C)s1. The van der Waals surface area contributed by atoms with Gasteiger partial charge in [-0.2, -0.15) is 0 Å². The third kappa shape index (κ3) is 4.65. The fraction of sp³-hybridized carbons (Fsp3) is 0.421. The van der Waals surface area contributed by atoms with E-state index >= 15 is 0 Å². The van der Waals surface area contributed by atoms with E-state index in [9.17, 15) is 4.79 Å². The van der Waals surface area contributed by atoms with Gasteiger partial charge in [0.15, 0.2) is 10.1 Å². The highest BCUT2D eigenvalue weighted by Gasteiger charge is 2.20. The van der Waals surface area contributed by atoms with Gasteiger partial charge < -0.3 is 9.73 Å². The first-order chi connectivity index (χ1) is 12.7. The van der Waals surface area contributed by atoms with Gasteiger partial charge in [0, 0.05) is 23.2 Å². The van der Waals surface area contributed by atoms with Gasteiger partial charge in [0.05, 0.1) is 0 Å². The van der Waals surface area contributed by atoms with Gasteiger partial charge in [0.2, 0.25) is 0 Å². The monoisotopic (exact) mass is 389 g/mol. The molecule has 138 valence electrons. The average Bonchev–Trinajstić information content (AvgIpc) is 3.23. The standard InChI is InChI=1S/C19H23N3O2S2/c1-3-4-5-8-11-20-18(23)17-15(12-25-19-22-21-13(2)26-19)14-9-6-7-10-16(14)24-17/h6-7,9-10H,3-5,8,11-12H2,1-2H3,(H,20,23). The molecular formula is C19H23N3O2S2. The molecule has 0 aliphatic carbocycles. The summed E-state index contributed by atoms with van der Waals surface area (Å²) in [6, 6.07) is 7.78. The van der Waals surface area contributed by atoms with Crippen molar-refractivity contribution >= 4 is 40.0 Å². The summed E-state index contributed by atoms with van der Waals surface area (Å²) < 4.78 is 6.78. The molecule has 0 aliphatic heterocycles. The topological polar surface area (TPSA) is 68.0 Å². The summed E-state index contributed by atoms with van der Waals surface area (Å²) in [6.07, 6.45) is 4.51. The molecule has 0 atom stereocenters. The number of carbonyl (C=O) groups excluding carboxylic acids is 1. The minimum atomic E-state index is -0.137. The van der Waals surface area contributed by atoms with Crippen LogP contribution in [0.3, 0.4) is 0 Å². The molecule has 0 saturated heterocycles. The summed E-state index contributed by atoms with van der Waals surface area (Å²) in [5.74, 6) is 0.904. The maximum atomic E-state index is 12.6. The van der Waals surface area contributed by atoms with Crippen molar-refractivity contribution in [3.8, 4) is 0 Å². The smallest absolute Gasteiger partial charge is 0.287 e. The van der Waals surface area contributed by atoms with Gasteiger partial charge in [0.25, 0.3) is 5.91 Å². The van der Waals surface area contributed by atoms with Gasteiger partial charge in [-0.3, -0.25) is 4.79 Å². The Kier molecular flexibility index (Phi) is 6.68. The fourth-order valence-electron chi connectivity index (χ4n) is 2.73. The fourth-order valence-corrected chi connectivity index (χ4v) is 4.57. The first-order valence-electron chi connectivity index (χ1n) is 8.90. The predicted molar refractivity (Wildman–Crippen MR) is 107 cm³/mol. The Morgan fingerprint density at radius 2 is 2.08 bits per heavy atom. The third-order valence-corrected chi connectivity index (χ3v) is 6.07. The van der Waals surface area contributed by atoms with Gasteiger partial charge in [-0.05, 0) is 19.4 Å². The number of carbonyl (C=O) groups is 1. The number of para-hydroxylation sites is 1. The molecular weight excluding hydrogens is 366 g/mol. The van der Waals surface area contributed by atoms with Gasteiger partial charge >= 0.3 is 0 Å². The molecule has 1 N–H and O–H groups in total. The molecule has 0 saturated carbocycles. The lowest BCUT2D eigenvalue weighted by Gasteiger charge is -2.05. The Morgan fingerprint density at radius 1 is 1.23 bits per heavy atom. The van der Waals surface area contributed by atoms with Crippen molar-refractivity contribution in [3.63, 3.8) is 0 Å². The van der Waals surface area contributed by atoms with Crippen molar-refractivity contribution in [1.82, 2.24) is 15.5 Å². The van der Waals surface area contributed by atoms with E-state index in [1.54, 1.807) is 23.1 Å². The number of nitrogens with one attached hydrogen (secondary N) is 1. The first-order valence-corrected chi connectivity index (χ1v) is 10.7. The van der Waals surface area contributed by atoms with E-state index < -0.39 is 0 Å². The first kappa shape index (κ1) is 18.9. The molecule has 26 heavy (non-hydrogen) atoms. The van der Waals surface area contributed by atoms with E-state index in [0.717, 1.165) is 38.7 Å². The lowest BCUT2D eigenvalue weighted by molar-refractivity contribution is 0.0926. The van der Waals surface area contributed by atoms with E-state index in [1.807, 2.05) is 31.2 Å². The normalized spacial score (nSPS) is 11.2. The highest BCUT2D eigenvalue weighted by molar-refractivity contribution is 8.00. The van der Waals surface area contributed by atoms with E-state index in [-0.39, 0.29) is 5.91 Å². The number of aromatic nitrogens is 2. The summed E-state index contributed by atoms with van der Waals surface area (Å²) in [7, 11) is 0. The van der Waals surface area contributed by atoms with Crippen LogP contribution in [-0.2, 0) is 5.75 Å². The van der Waals surface area contributed by atoms with Crippen molar-refractivity contribution in [2.24, 2.45) is 0 Å². The second-order valence-electron chi connectivity index (χ2n) is 6.10. The molecule has 0 fully saturated rings. The molecule has 1 amide bonds. The van der Waals surface area contributed by atoms with Crippen molar-refractivity contribution in [2.75, 3.05) is 6.54 Å². The number of unbranched alkanes of at least 4 members (excludes halogenated alkanes) is 3. The maximum Gasteiger partial charge on any atom is 0.287 e. The molecule has 1 aromatic carbocycles. The zero-order valence-corrected chi connectivity index (χ0v) is 16.7. The number of hydrogen-bond donors (Lipinski definition) is 1. The minimum Gasteiger partial charge on any atom is -0.451 e. The number of nitrogens with zero attached hydrogens (tertiary/aromatic N) is 2. The minimum absolute atomic E-state index is 0.137. The Hall–Kier alpha value is -1.86. The van der Waals surface area contributed by atoms with Crippen molar-refractivity contribution in [3.05, 3.63) is 40.6 Å². The van der Waals surface area contributed by atoms with Crippen LogP contribution in [0.25, 0.3) is 11.0 Å². The van der Waals surface area contributed by atoms with Crippen LogP contribution in [0.5, 0.6) is 0 Å². The number of thioether (sulfide) groups is 1. The Balaban J connectivity index is 1.74. The van der Waals surface area contributed by atoms with Gasteiger partial charge in [-0.1, -0.05) is 67.5 Å². The summed E-state index contributed by atoms with van der Waals surface area (Å²) in [5.41, 5.74) is 1.66. The van der Waals surface area contributed by atoms with Crippen molar-refractivity contribution in [2.45, 2.75) is 49.6 Å². The Bertz CT molecular complexity index is 873.